The van der Waals surface area contributed by atoms with Crippen LogP contribution in [0.1, 0.15) is 12.5 Å². The molecule has 0 aromatic heterocycles. The van der Waals surface area contributed by atoms with E-state index in [1.165, 1.54) is 11.0 Å². The Morgan fingerprint density at radius 3 is 2.61 bits per heavy atom. The highest BCUT2D eigenvalue weighted by Crippen LogP contribution is 2.29. The van der Waals surface area contributed by atoms with E-state index in [2.05, 4.69) is 4.40 Å². The van der Waals surface area contributed by atoms with Gasteiger partial charge in [0.15, 0.2) is 5.84 Å². The van der Waals surface area contributed by atoms with Gasteiger partial charge < -0.3 is 4.90 Å². The minimum Gasteiger partial charge on any atom is -0.353 e. The summed E-state index contributed by atoms with van der Waals surface area (Å²) in [6.45, 7) is 1.57. The molecule has 23 heavy (non-hydrogen) atoms. The van der Waals surface area contributed by atoms with E-state index in [1.807, 2.05) is 0 Å². The number of benzene rings is 1. The predicted molar refractivity (Wildman–Crippen MR) is 78.8 cm³/mol. The van der Waals surface area contributed by atoms with Crippen molar-refractivity contribution in [2.75, 3.05) is 26.2 Å². The lowest BCUT2D eigenvalue weighted by molar-refractivity contribution is -0.153. The summed E-state index contributed by atoms with van der Waals surface area (Å²) in [6, 6.07) is 6.16. The molecule has 1 saturated heterocycles. The lowest BCUT2D eigenvalue weighted by Crippen LogP contribution is -2.55. The van der Waals surface area contributed by atoms with Gasteiger partial charge in [0.2, 0.25) is 0 Å². The first-order valence-corrected chi connectivity index (χ1v) is 8.61. The summed E-state index contributed by atoms with van der Waals surface area (Å²) >= 11 is 0. The Bertz CT molecular complexity index is 746. The van der Waals surface area contributed by atoms with Crippen LogP contribution in [0.2, 0.25) is 0 Å². The molecule has 0 N–H and O–H groups in total. The number of piperazine rings is 1. The number of sulfonamides is 1. The smallest absolute Gasteiger partial charge is 0.353 e. The van der Waals surface area contributed by atoms with E-state index in [0.29, 0.717) is 24.5 Å². The first-order chi connectivity index (χ1) is 10.7. The monoisotopic (exact) mass is 347 g/mol. The van der Waals surface area contributed by atoms with Crippen LogP contribution in [0.25, 0.3) is 0 Å². The second-order valence-electron chi connectivity index (χ2n) is 5.77. The molecular weight excluding hydrogens is 331 g/mol. The zero-order chi connectivity index (χ0) is 16.8. The van der Waals surface area contributed by atoms with Crippen LogP contribution in [0.4, 0.5) is 13.2 Å². The number of nitrogens with zero attached hydrogens (tertiary/aromatic N) is 3. The molecule has 0 amide bonds. The van der Waals surface area contributed by atoms with Crippen molar-refractivity contribution in [2.45, 2.75) is 24.0 Å². The van der Waals surface area contributed by atoms with Crippen molar-refractivity contribution in [1.82, 2.24) is 9.80 Å². The Morgan fingerprint density at radius 2 is 1.96 bits per heavy atom. The van der Waals surface area contributed by atoms with E-state index in [9.17, 15) is 21.6 Å². The van der Waals surface area contributed by atoms with Gasteiger partial charge in [-0.05, 0) is 19.1 Å². The van der Waals surface area contributed by atoms with Gasteiger partial charge in [0.1, 0.15) is 4.90 Å². The molecule has 0 spiro atoms. The lowest BCUT2D eigenvalue weighted by atomic mass is 10.1. The summed E-state index contributed by atoms with van der Waals surface area (Å²) in [5.74, 6) is 0.333. The first-order valence-electron chi connectivity index (χ1n) is 7.17. The van der Waals surface area contributed by atoms with Crippen LogP contribution in [-0.4, -0.2) is 62.5 Å². The number of hydrogen-bond donors (Lipinski definition) is 0. The van der Waals surface area contributed by atoms with Crippen molar-refractivity contribution < 1.29 is 21.6 Å². The number of amidine groups is 1. The van der Waals surface area contributed by atoms with Crippen LogP contribution in [0.5, 0.6) is 0 Å². The summed E-state index contributed by atoms with van der Waals surface area (Å²) in [5, 5.41) is 0. The topological polar surface area (TPSA) is 53.0 Å². The summed E-state index contributed by atoms with van der Waals surface area (Å²) in [4.78, 5) is 3.26. The largest absolute Gasteiger partial charge is 0.401 e. The van der Waals surface area contributed by atoms with Crippen molar-refractivity contribution in [3.05, 3.63) is 29.8 Å². The fourth-order valence-electron chi connectivity index (χ4n) is 2.97. The maximum Gasteiger partial charge on any atom is 0.401 e. The van der Waals surface area contributed by atoms with Gasteiger partial charge in [-0.2, -0.15) is 21.6 Å². The Kier molecular flexibility index (Phi) is 3.88. The fourth-order valence-corrected chi connectivity index (χ4v) is 4.20. The zero-order valence-corrected chi connectivity index (χ0v) is 13.2. The van der Waals surface area contributed by atoms with E-state index in [0.717, 1.165) is 0 Å². The highest BCUT2D eigenvalue weighted by atomic mass is 32.2. The average Bonchev–Trinajstić information content (AvgIpc) is 2.72. The maximum absolute atomic E-state index is 12.6. The molecule has 2 aliphatic rings. The van der Waals surface area contributed by atoms with Crippen LogP contribution in [0.15, 0.2) is 33.6 Å². The number of alkyl halides is 3. The van der Waals surface area contributed by atoms with E-state index in [1.54, 1.807) is 30.0 Å². The Balaban J connectivity index is 1.81. The summed E-state index contributed by atoms with van der Waals surface area (Å²) < 4.78 is 65.6. The van der Waals surface area contributed by atoms with Gasteiger partial charge in [-0.1, -0.05) is 12.1 Å². The molecule has 9 heteroatoms. The van der Waals surface area contributed by atoms with Gasteiger partial charge >= 0.3 is 6.18 Å². The van der Waals surface area contributed by atoms with Gasteiger partial charge in [-0.15, -0.1) is 4.40 Å². The molecule has 5 nitrogen and oxygen atoms in total. The van der Waals surface area contributed by atoms with Crippen LogP contribution in [0.3, 0.4) is 0 Å². The van der Waals surface area contributed by atoms with E-state index >= 15 is 0 Å². The predicted octanol–water partition coefficient (Wildman–Crippen LogP) is 1.70. The molecule has 0 radical (unpaired) electrons. The van der Waals surface area contributed by atoms with Crippen LogP contribution < -0.4 is 0 Å². The fraction of sp³-hybridized carbons (Fsp3) is 0.500. The lowest BCUT2D eigenvalue weighted by Gasteiger charge is -2.40. The molecule has 1 aromatic carbocycles. The van der Waals surface area contributed by atoms with Crippen LogP contribution >= 0.6 is 0 Å². The molecule has 1 unspecified atom stereocenters. The van der Waals surface area contributed by atoms with Crippen molar-refractivity contribution >= 4 is 15.9 Å². The molecule has 126 valence electrons. The molecule has 0 bridgehead atoms. The summed E-state index contributed by atoms with van der Waals surface area (Å²) in [5.41, 5.74) is 0.518. The molecule has 1 atom stereocenters. The quantitative estimate of drug-likeness (QED) is 0.776. The maximum atomic E-state index is 12.6. The summed E-state index contributed by atoms with van der Waals surface area (Å²) in [7, 11) is -3.71. The molecule has 1 fully saturated rings. The van der Waals surface area contributed by atoms with E-state index in [4.69, 9.17) is 0 Å². The van der Waals surface area contributed by atoms with Crippen molar-refractivity contribution in [3.8, 4) is 0 Å². The number of hydrogen-bond acceptors (Lipinski definition) is 4. The van der Waals surface area contributed by atoms with Crippen LogP contribution in [-0.2, 0) is 10.0 Å². The molecule has 1 aromatic rings. The third kappa shape index (κ3) is 3.20. The molecule has 3 rings (SSSR count). The van der Waals surface area contributed by atoms with Crippen molar-refractivity contribution in [3.63, 3.8) is 0 Å². The third-order valence-corrected chi connectivity index (χ3v) is 5.38. The van der Waals surface area contributed by atoms with Gasteiger partial charge in [-0.3, -0.25) is 4.90 Å². The minimum absolute atomic E-state index is 0.153. The number of rotatable bonds is 1. The van der Waals surface area contributed by atoms with Crippen molar-refractivity contribution in [1.29, 1.82) is 0 Å². The van der Waals surface area contributed by atoms with E-state index in [-0.39, 0.29) is 17.5 Å². The second-order valence-corrected chi connectivity index (χ2v) is 7.34. The number of fused-ring (bicyclic) bond motifs is 1. The van der Waals surface area contributed by atoms with Gasteiger partial charge in [0.05, 0.1) is 6.54 Å². The highest BCUT2D eigenvalue weighted by molar-refractivity contribution is 7.90. The van der Waals surface area contributed by atoms with Gasteiger partial charge in [0, 0.05) is 31.2 Å². The molecule has 0 aliphatic carbocycles. The van der Waals surface area contributed by atoms with E-state index < -0.39 is 22.7 Å². The SMILES string of the molecule is CC1CN(C2=NS(=O)(=O)c3ccccc32)CCN1CC(F)(F)F. The Hall–Kier alpha value is -1.61. The van der Waals surface area contributed by atoms with Crippen molar-refractivity contribution in [2.24, 2.45) is 4.40 Å². The molecular formula is C14H16F3N3O2S. The highest BCUT2D eigenvalue weighted by Gasteiger charge is 2.38. The Labute approximate surface area is 132 Å². The zero-order valence-electron chi connectivity index (χ0n) is 12.4. The third-order valence-electron chi connectivity index (χ3n) is 4.06. The Morgan fingerprint density at radius 1 is 1.26 bits per heavy atom. The molecule has 2 heterocycles. The molecule has 2 aliphatic heterocycles. The second kappa shape index (κ2) is 5.48. The van der Waals surface area contributed by atoms with Crippen LogP contribution in [0, 0.1) is 0 Å². The standard InChI is InChI=1S/C14H16F3N3O2S/c1-10-8-19(6-7-20(10)9-14(15,16)17)13-11-4-2-3-5-12(11)23(21,22)18-13/h2-5,10H,6-9H2,1H3. The van der Waals surface area contributed by atoms with Gasteiger partial charge in [-0.25, -0.2) is 0 Å². The number of halogens is 3. The summed E-state index contributed by atoms with van der Waals surface area (Å²) in [6.07, 6.45) is -4.24. The molecule has 0 saturated carbocycles. The first kappa shape index (κ1) is 16.3. The normalized spacial score (nSPS) is 24.4. The minimum atomic E-state index is -4.24. The average molecular weight is 347 g/mol. The van der Waals surface area contributed by atoms with Gasteiger partial charge in [0.25, 0.3) is 10.0 Å².